The molecule has 4 atom stereocenters. The van der Waals surface area contributed by atoms with Crippen molar-refractivity contribution >= 4 is 17.4 Å². The summed E-state index contributed by atoms with van der Waals surface area (Å²) in [5.74, 6) is 4.19. The Morgan fingerprint density at radius 3 is 1.54 bits per heavy atom. The molecule has 4 N–H and O–H groups in total. The van der Waals surface area contributed by atoms with Gasteiger partial charge in [0.25, 0.3) is 0 Å². The molecule has 0 amide bonds. The van der Waals surface area contributed by atoms with Gasteiger partial charge in [0, 0.05) is 17.2 Å². The lowest BCUT2D eigenvalue weighted by Gasteiger charge is -2.44. The molecule has 5 heterocycles. The van der Waals surface area contributed by atoms with Gasteiger partial charge >= 0.3 is 0 Å². The van der Waals surface area contributed by atoms with Crippen molar-refractivity contribution in [2.75, 3.05) is 29.5 Å². The Morgan fingerprint density at radius 1 is 0.646 bits per heavy atom. The number of rotatable bonds is 7. The van der Waals surface area contributed by atoms with Crippen molar-refractivity contribution in [3.8, 4) is 22.5 Å². The topological polar surface area (TPSA) is 84.7 Å². The molecule has 3 saturated heterocycles. The first-order valence-electron chi connectivity index (χ1n) is 17.6. The Hall–Kier alpha value is -3.85. The maximum Gasteiger partial charge on any atom is 0.123 e. The summed E-state index contributed by atoms with van der Waals surface area (Å²) in [4.78, 5) is 19.3. The lowest BCUT2D eigenvalue weighted by Crippen LogP contribution is -2.39. The van der Waals surface area contributed by atoms with Crippen molar-refractivity contribution in [2.45, 2.75) is 76.0 Å². The van der Waals surface area contributed by atoms with Crippen LogP contribution >= 0.6 is 11.8 Å². The summed E-state index contributed by atoms with van der Waals surface area (Å²) in [6.07, 6.45) is 8.67. The number of anilines is 1. The average Bonchev–Trinajstić information content (AvgIpc) is 3.95. The number of H-pyrrole nitrogens is 2. The molecule has 3 fully saturated rings. The second-order valence-electron chi connectivity index (χ2n) is 14.7. The van der Waals surface area contributed by atoms with Gasteiger partial charge in [0.15, 0.2) is 0 Å². The Labute approximate surface area is 288 Å². The highest BCUT2D eigenvalue weighted by molar-refractivity contribution is 7.99. The monoisotopic (exact) mass is 657 g/mol. The number of thioether (sulfide) groups is 1. The molecule has 7 nitrogen and oxygen atoms in total. The minimum atomic E-state index is 0.113. The smallest absolute Gasteiger partial charge is 0.123 e. The van der Waals surface area contributed by atoms with Gasteiger partial charge in [-0.25, -0.2) is 9.97 Å². The average molecular weight is 658 g/mol. The zero-order chi connectivity index (χ0) is 32.7. The Bertz CT molecular complexity index is 1700. The summed E-state index contributed by atoms with van der Waals surface area (Å²) < 4.78 is 0. The Balaban J connectivity index is 1.08. The van der Waals surface area contributed by atoms with Crippen molar-refractivity contribution in [2.24, 2.45) is 0 Å². The summed E-state index contributed by atoms with van der Waals surface area (Å²) in [7, 11) is 0. The summed E-state index contributed by atoms with van der Waals surface area (Å²) in [5.41, 5.74) is 9.95. The summed E-state index contributed by atoms with van der Waals surface area (Å²) in [6.45, 7) is 8.99. The van der Waals surface area contributed by atoms with E-state index in [1.807, 2.05) is 12.4 Å². The van der Waals surface area contributed by atoms with E-state index in [-0.39, 0.29) is 17.5 Å². The molecule has 48 heavy (non-hydrogen) atoms. The Kier molecular flexibility index (Phi) is 8.65. The normalized spacial score (nSPS) is 23.2. The molecule has 3 aliphatic rings. The van der Waals surface area contributed by atoms with Gasteiger partial charge in [0.1, 0.15) is 11.6 Å². The Morgan fingerprint density at radius 2 is 1.12 bits per heavy atom. The molecule has 0 aliphatic carbocycles. The standard InChI is InChI=1S/C40H47N7S/c1-40(2,3)30-16-18-31(19-17-30)47-36(28-12-8-26(9-13-28)34-22-43-38(45-34)32-6-4-20-41-32)24-48-25-37(47)29-14-10-27(11-15-29)35-23-44-39(46-35)33-7-5-21-42-33/h8-19,22-23,32-33,36-37,41-42H,4-7,20-21,24-25H2,1-3H3,(H,43,45)(H,44,46)/t32-,33-,36?,37?/m0/s1. The highest BCUT2D eigenvalue weighted by atomic mass is 32.2. The molecule has 2 unspecified atom stereocenters. The van der Waals surface area contributed by atoms with Crippen LogP contribution in [0.4, 0.5) is 5.69 Å². The van der Waals surface area contributed by atoms with Gasteiger partial charge in [-0.1, -0.05) is 81.4 Å². The third kappa shape index (κ3) is 6.33. The van der Waals surface area contributed by atoms with Crippen LogP contribution in [-0.2, 0) is 5.41 Å². The molecule has 248 valence electrons. The number of hydrogen-bond acceptors (Lipinski definition) is 6. The van der Waals surface area contributed by atoms with Crippen molar-refractivity contribution in [3.63, 3.8) is 0 Å². The minimum Gasteiger partial charge on any atom is -0.356 e. The fourth-order valence-electron chi connectivity index (χ4n) is 7.60. The quantitative estimate of drug-likeness (QED) is 0.140. The van der Waals surface area contributed by atoms with E-state index >= 15 is 0 Å². The number of aromatic amines is 2. The number of aromatic nitrogens is 4. The maximum absolute atomic E-state index is 4.71. The van der Waals surface area contributed by atoms with Crippen LogP contribution in [0, 0.1) is 0 Å². The van der Waals surface area contributed by atoms with Crippen LogP contribution in [0.5, 0.6) is 0 Å². The van der Waals surface area contributed by atoms with E-state index < -0.39 is 0 Å². The molecule has 3 aromatic carbocycles. The number of nitrogens with zero attached hydrogens (tertiary/aromatic N) is 3. The van der Waals surface area contributed by atoms with Crippen molar-refractivity contribution < 1.29 is 0 Å². The molecule has 0 spiro atoms. The molecule has 5 aromatic rings. The van der Waals surface area contributed by atoms with E-state index in [1.165, 1.54) is 46.3 Å². The molecule has 8 rings (SSSR count). The predicted octanol–water partition coefficient (Wildman–Crippen LogP) is 8.65. The van der Waals surface area contributed by atoms with Crippen LogP contribution in [-0.4, -0.2) is 44.5 Å². The SMILES string of the molecule is CC(C)(C)c1ccc(N2C(c3ccc(-c4cnc([C@@H]5CCCN5)[nH]4)cc3)CSCC2c2ccc(-c3cnc([C@@H]4CCCN4)[nH]3)cc2)cc1. The first kappa shape index (κ1) is 31.4. The lowest BCUT2D eigenvalue weighted by atomic mass is 9.87. The molecule has 0 bridgehead atoms. The lowest BCUT2D eigenvalue weighted by molar-refractivity contribution is 0.577. The van der Waals surface area contributed by atoms with Gasteiger partial charge in [-0.15, -0.1) is 0 Å². The molecule has 8 heteroatoms. The van der Waals surface area contributed by atoms with Gasteiger partial charge in [0.05, 0.1) is 47.9 Å². The van der Waals surface area contributed by atoms with Crippen LogP contribution in [0.3, 0.4) is 0 Å². The first-order chi connectivity index (χ1) is 23.4. The predicted molar refractivity (Wildman–Crippen MR) is 198 cm³/mol. The van der Waals surface area contributed by atoms with Crippen LogP contribution in [0.2, 0.25) is 0 Å². The van der Waals surface area contributed by atoms with Gasteiger partial charge in [-0.3, -0.25) is 0 Å². The van der Waals surface area contributed by atoms with Gasteiger partial charge in [0.2, 0.25) is 0 Å². The molecule has 3 aliphatic heterocycles. The molecular formula is C40H47N7S. The van der Waals surface area contributed by atoms with Crippen molar-refractivity contribution in [3.05, 3.63) is 114 Å². The second-order valence-corrected chi connectivity index (χ2v) is 15.8. The van der Waals surface area contributed by atoms with E-state index in [0.717, 1.165) is 60.5 Å². The zero-order valence-corrected chi connectivity index (χ0v) is 29.1. The molecule has 2 aromatic heterocycles. The van der Waals surface area contributed by atoms with Gasteiger partial charge in [-0.2, -0.15) is 11.8 Å². The van der Waals surface area contributed by atoms with E-state index in [0.29, 0.717) is 12.1 Å². The van der Waals surface area contributed by atoms with Crippen LogP contribution < -0.4 is 15.5 Å². The molecular weight excluding hydrogens is 611 g/mol. The van der Waals surface area contributed by atoms with E-state index in [1.54, 1.807) is 0 Å². The fraction of sp³-hybridized carbons (Fsp3) is 0.400. The number of hydrogen-bond donors (Lipinski definition) is 4. The van der Waals surface area contributed by atoms with Gasteiger partial charge in [-0.05, 0) is 84.1 Å². The van der Waals surface area contributed by atoms with Crippen LogP contribution in [0.15, 0.2) is 85.2 Å². The van der Waals surface area contributed by atoms with Crippen molar-refractivity contribution in [1.29, 1.82) is 0 Å². The minimum absolute atomic E-state index is 0.113. The number of benzene rings is 3. The maximum atomic E-state index is 4.71. The highest BCUT2D eigenvalue weighted by Gasteiger charge is 2.34. The first-order valence-corrected chi connectivity index (χ1v) is 18.8. The third-order valence-corrected chi connectivity index (χ3v) is 11.5. The third-order valence-electron chi connectivity index (χ3n) is 10.4. The van der Waals surface area contributed by atoms with E-state index in [9.17, 15) is 0 Å². The number of imidazole rings is 2. The van der Waals surface area contributed by atoms with Gasteiger partial charge < -0.3 is 25.5 Å². The molecule has 0 radical (unpaired) electrons. The summed E-state index contributed by atoms with van der Waals surface area (Å²) >= 11 is 2.05. The second kappa shape index (κ2) is 13.2. The highest BCUT2D eigenvalue weighted by Crippen LogP contribution is 2.44. The zero-order valence-electron chi connectivity index (χ0n) is 28.3. The number of nitrogens with one attached hydrogen (secondary N) is 4. The summed E-state index contributed by atoms with van der Waals surface area (Å²) in [6, 6.07) is 28.8. The fourth-order valence-corrected chi connectivity index (χ4v) is 8.89. The van der Waals surface area contributed by atoms with Crippen LogP contribution in [0.25, 0.3) is 22.5 Å². The van der Waals surface area contributed by atoms with E-state index in [4.69, 9.17) is 9.97 Å². The summed E-state index contributed by atoms with van der Waals surface area (Å²) in [5, 5.41) is 7.11. The van der Waals surface area contributed by atoms with Crippen LogP contribution in [0.1, 0.15) is 99.0 Å². The van der Waals surface area contributed by atoms with E-state index in [2.05, 4.69) is 131 Å². The largest absolute Gasteiger partial charge is 0.356 e. The molecule has 0 saturated carbocycles. The van der Waals surface area contributed by atoms with Crippen molar-refractivity contribution in [1.82, 2.24) is 30.6 Å².